The average Bonchev–Trinajstić information content (AvgIpc) is 2.46. The minimum absolute atomic E-state index is 0.123. The van der Waals surface area contributed by atoms with Crippen molar-refractivity contribution in [2.45, 2.75) is 18.2 Å². The van der Waals surface area contributed by atoms with Crippen molar-refractivity contribution >= 4 is 21.4 Å². The molecule has 106 valence electrons. The fourth-order valence-corrected chi connectivity index (χ4v) is 2.80. The highest BCUT2D eigenvalue weighted by atomic mass is 32.2. The maximum atomic E-state index is 12.4. The molecule has 0 saturated carbocycles. The number of rotatable bonds is 6. The van der Waals surface area contributed by atoms with E-state index in [1.165, 1.54) is 12.4 Å². The van der Waals surface area contributed by atoms with Crippen LogP contribution in [0, 0.1) is 0 Å². The lowest BCUT2D eigenvalue weighted by Gasteiger charge is -2.12. The Balaban J connectivity index is 2.30. The summed E-state index contributed by atoms with van der Waals surface area (Å²) in [6, 6.07) is 4.95. The second-order valence-electron chi connectivity index (χ2n) is 4.15. The van der Waals surface area contributed by atoms with Gasteiger partial charge in [-0.25, -0.2) is 8.42 Å². The Morgan fingerprint density at radius 1 is 1.15 bits per heavy atom. The van der Waals surface area contributed by atoms with Crippen molar-refractivity contribution in [3.05, 3.63) is 43.0 Å². The molecule has 2 rings (SSSR count). The number of anilines is 2. The van der Waals surface area contributed by atoms with Gasteiger partial charge in [0.05, 0.1) is 17.6 Å². The molecule has 0 aromatic carbocycles. The Bertz CT molecular complexity index is 659. The minimum atomic E-state index is -3.69. The first-order valence-electron chi connectivity index (χ1n) is 6.24. The van der Waals surface area contributed by atoms with E-state index in [4.69, 9.17) is 0 Å². The van der Waals surface area contributed by atoms with Gasteiger partial charge in [-0.2, -0.15) is 0 Å². The van der Waals surface area contributed by atoms with Gasteiger partial charge in [0.1, 0.15) is 4.90 Å². The Labute approximate surface area is 118 Å². The molecule has 2 heterocycles. The second kappa shape index (κ2) is 6.33. The van der Waals surface area contributed by atoms with Gasteiger partial charge in [0.25, 0.3) is 10.0 Å². The molecule has 0 radical (unpaired) electrons. The molecule has 0 aliphatic carbocycles. The summed E-state index contributed by atoms with van der Waals surface area (Å²) in [5.74, 6) is 0. The number of nitrogens with one attached hydrogen (secondary N) is 2. The molecule has 0 fully saturated rings. The number of hydrogen-bond acceptors (Lipinski definition) is 5. The summed E-state index contributed by atoms with van der Waals surface area (Å²) in [7, 11) is -3.69. The highest BCUT2D eigenvalue weighted by Gasteiger charge is 2.18. The zero-order chi connectivity index (χ0) is 14.4. The summed E-state index contributed by atoms with van der Waals surface area (Å²) in [6.07, 6.45) is 6.82. The average molecular weight is 292 g/mol. The van der Waals surface area contributed by atoms with Crippen LogP contribution in [0.2, 0.25) is 0 Å². The molecule has 0 bridgehead atoms. The summed E-state index contributed by atoms with van der Waals surface area (Å²) in [5, 5.41) is 3.08. The Morgan fingerprint density at radius 2 is 1.95 bits per heavy atom. The van der Waals surface area contributed by atoms with Crippen molar-refractivity contribution in [2.75, 3.05) is 16.6 Å². The first-order valence-corrected chi connectivity index (χ1v) is 7.72. The largest absolute Gasteiger partial charge is 0.384 e. The fraction of sp³-hybridized carbons (Fsp3) is 0.231. The summed E-state index contributed by atoms with van der Waals surface area (Å²) in [5.41, 5.74) is 0.955. The molecule has 7 heteroatoms. The maximum Gasteiger partial charge on any atom is 0.265 e. The Morgan fingerprint density at radius 3 is 2.65 bits per heavy atom. The number of sulfonamides is 1. The molecule has 2 N–H and O–H groups in total. The lowest BCUT2D eigenvalue weighted by Crippen LogP contribution is -2.16. The monoisotopic (exact) mass is 292 g/mol. The summed E-state index contributed by atoms with van der Waals surface area (Å²) in [4.78, 5) is 7.89. The van der Waals surface area contributed by atoms with Crippen LogP contribution in [0.15, 0.2) is 47.9 Å². The van der Waals surface area contributed by atoms with Crippen LogP contribution in [0.5, 0.6) is 0 Å². The second-order valence-corrected chi connectivity index (χ2v) is 5.80. The molecule has 2 aromatic rings. The van der Waals surface area contributed by atoms with Crippen LogP contribution in [0.4, 0.5) is 11.4 Å². The lowest BCUT2D eigenvalue weighted by atomic mass is 10.4. The summed E-state index contributed by atoms with van der Waals surface area (Å²) < 4.78 is 27.2. The highest BCUT2D eigenvalue weighted by molar-refractivity contribution is 7.92. The molecule has 0 saturated heterocycles. The molecular weight excluding hydrogens is 276 g/mol. The molecule has 0 spiro atoms. The van der Waals surface area contributed by atoms with Gasteiger partial charge in [0, 0.05) is 25.1 Å². The van der Waals surface area contributed by atoms with Crippen LogP contribution < -0.4 is 10.0 Å². The third-order valence-electron chi connectivity index (χ3n) is 2.55. The van der Waals surface area contributed by atoms with Crippen LogP contribution in [0.25, 0.3) is 0 Å². The Kier molecular flexibility index (Phi) is 4.52. The molecule has 0 amide bonds. The summed E-state index contributed by atoms with van der Waals surface area (Å²) >= 11 is 0. The van der Waals surface area contributed by atoms with E-state index in [0.717, 1.165) is 6.42 Å². The maximum absolute atomic E-state index is 12.4. The first-order chi connectivity index (χ1) is 9.63. The SMILES string of the molecule is CCCNc1ccncc1S(=O)(=O)Nc1cccnc1. The lowest BCUT2D eigenvalue weighted by molar-refractivity contribution is 0.601. The van der Waals surface area contributed by atoms with Crippen LogP contribution in [-0.2, 0) is 10.0 Å². The van der Waals surface area contributed by atoms with Gasteiger partial charge in [-0.05, 0) is 24.6 Å². The first kappa shape index (κ1) is 14.3. The van der Waals surface area contributed by atoms with E-state index in [-0.39, 0.29) is 4.90 Å². The highest BCUT2D eigenvalue weighted by Crippen LogP contribution is 2.22. The fourth-order valence-electron chi connectivity index (χ4n) is 1.63. The van der Waals surface area contributed by atoms with E-state index < -0.39 is 10.0 Å². The van der Waals surface area contributed by atoms with Gasteiger partial charge in [-0.15, -0.1) is 0 Å². The number of nitrogens with zero attached hydrogens (tertiary/aromatic N) is 2. The number of hydrogen-bond donors (Lipinski definition) is 2. The molecule has 0 aliphatic rings. The number of pyridine rings is 2. The quantitative estimate of drug-likeness (QED) is 0.851. The van der Waals surface area contributed by atoms with Crippen molar-refractivity contribution < 1.29 is 8.42 Å². The van der Waals surface area contributed by atoms with E-state index >= 15 is 0 Å². The van der Waals surface area contributed by atoms with Crippen LogP contribution in [-0.4, -0.2) is 24.9 Å². The van der Waals surface area contributed by atoms with Gasteiger partial charge < -0.3 is 5.32 Å². The number of aromatic nitrogens is 2. The van der Waals surface area contributed by atoms with E-state index in [0.29, 0.717) is 17.9 Å². The minimum Gasteiger partial charge on any atom is -0.384 e. The van der Waals surface area contributed by atoms with Gasteiger partial charge in [-0.1, -0.05) is 6.92 Å². The van der Waals surface area contributed by atoms with Gasteiger partial charge in [0.2, 0.25) is 0 Å². The standard InChI is InChI=1S/C13H16N4O2S/c1-2-6-16-12-5-8-15-10-13(12)20(18,19)17-11-4-3-7-14-9-11/h3-5,7-10,17H,2,6H2,1H3,(H,15,16). The smallest absolute Gasteiger partial charge is 0.265 e. The molecule has 0 aliphatic heterocycles. The van der Waals surface area contributed by atoms with Crippen molar-refractivity contribution in [2.24, 2.45) is 0 Å². The van der Waals surface area contributed by atoms with Crippen molar-refractivity contribution in [3.8, 4) is 0 Å². The molecule has 20 heavy (non-hydrogen) atoms. The zero-order valence-corrected chi connectivity index (χ0v) is 11.9. The molecule has 6 nitrogen and oxygen atoms in total. The predicted molar refractivity (Wildman–Crippen MR) is 78.1 cm³/mol. The Hall–Kier alpha value is -2.15. The van der Waals surface area contributed by atoms with E-state index in [1.807, 2.05) is 6.92 Å². The van der Waals surface area contributed by atoms with E-state index in [9.17, 15) is 8.42 Å². The molecule has 2 aromatic heterocycles. The van der Waals surface area contributed by atoms with Crippen molar-refractivity contribution in [1.82, 2.24) is 9.97 Å². The van der Waals surface area contributed by atoms with Gasteiger partial charge >= 0.3 is 0 Å². The van der Waals surface area contributed by atoms with Crippen LogP contribution in [0.1, 0.15) is 13.3 Å². The summed E-state index contributed by atoms with van der Waals surface area (Å²) in [6.45, 7) is 2.70. The van der Waals surface area contributed by atoms with E-state index in [1.54, 1.807) is 30.6 Å². The normalized spacial score (nSPS) is 11.1. The third kappa shape index (κ3) is 3.45. The van der Waals surface area contributed by atoms with Gasteiger partial charge in [-0.3, -0.25) is 14.7 Å². The molecule has 0 unspecified atom stereocenters. The third-order valence-corrected chi connectivity index (χ3v) is 3.96. The van der Waals surface area contributed by atoms with Gasteiger partial charge in [0.15, 0.2) is 0 Å². The zero-order valence-electron chi connectivity index (χ0n) is 11.1. The van der Waals surface area contributed by atoms with Crippen LogP contribution >= 0.6 is 0 Å². The molecule has 0 atom stereocenters. The van der Waals surface area contributed by atoms with Crippen molar-refractivity contribution in [1.29, 1.82) is 0 Å². The van der Waals surface area contributed by atoms with E-state index in [2.05, 4.69) is 20.0 Å². The van der Waals surface area contributed by atoms with Crippen molar-refractivity contribution in [3.63, 3.8) is 0 Å². The predicted octanol–water partition coefficient (Wildman–Crippen LogP) is 2.10. The van der Waals surface area contributed by atoms with Crippen LogP contribution in [0.3, 0.4) is 0 Å². The molecular formula is C13H16N4O2S. The topological polar surface area (TPSA) is 84.0 Å².